The number of rotatable bonds is 5. The molecule has 3 rings (SSSR count). The van der Waals surface area contributed by atoms with Gasteiger partial charge in [0.05, 0.1) is 9.82 Å². The van der Waals surface area contributed by atoms with Crippen LogP contribution in [0.5, 0.6) is 0 Å². The molecule has 0 spiro atoms. The summed E-state index contributed by atoms with van der Waals surface area (Å²) in [6.45, 7) is 3.34. The van der Waals surface area contributed by atoms with E-state index in [1.807, 2.05) is 4.90 Å². The minimum Gasteiger partial charge on any atom is -0.362 e. The number of sulfone groups is 1. The second-order valence-corrected chi connectivity index (χ2v) is 9.22. The number of nitro benzene ring substituents is 1. The molecule has 1 aliphatic heterocycles. The number of hydrogen-bond donors (Lipinski definition) is 1. The second kappa shape index (κ2) is 8.72. The van der Waals surface area contributed by atoms with E-state index in [-0.39, 0.29) is 22.1 Å². The van der Waals surface area contributed by atoms with E-state index in [4.69, 9.17) is 0 Å². The van der Waals surface area contributed by atoms with E-state index in [1.54, 1.807) is 4.90 Å². The van der Waals surface area contributed by atoms with Crippen molar-refractivity contribution in [1.82, 2.24) is 4.90 Å². The summed E-state index contributed by atoms with van der Waals surface area (Å²) in [5, 5.41) is 14.2. The summed E-state index contributed by atoms with van der Waals surface area (Å²) in [5.74, 6) is -0.589. The van der Waals surface area contributed by atoms with Gasteiger partial charge in [-0.1, -0.05) is 0 Å². The molecular weight excluding hydrogens is 424 g/mol. The molecule has 2 aromatic carbocycles. The van der Waals surface area contributed by atoms with Crippen molar-refractivity contribution in [3.05, 3.63) is 58.1 Å². The summed E-state index contributed by atoms with van der Waals surface area (Å²) < 4.78 is 23.1. The minimum atomic E-state index is -3.35. The molecule has 0 aromatic heterocycles. The largest absolute Gasteiger partial charge is 0.362 e. The maximum atomic E-state index is 12.6. The van der Waals surface area contributed by atoms with Crippen LogP contribution < -0.4 is 10.2 Å². The Hall–Kier alpha value is -3.47. The molecule has 11 heteroatoms. The predicted octanol–water partition coefficient (Wildman–Crippen LogP) is 1.92. The van der Waals surface area contributed by atoms with Crippen LogP contribution in [0.25, 0.3) is 0 Å². The first-order chi connectivity index (χ1) is 14.6. The van der Waals surface area contributed by atoms with Gasteiger partial charge in [-0.15, -0.1) is 0 Å². The molecule has 164 valence electrons. The number of anilines is 2. The summed E-state index contributed by atoms with van der Waals surface area (Å²) in [6.07, 6.45) is 1.08. The van der Waals surface area contributed by atoms with Crippen LogP contribution in [0.2, 0.25) is 0 Å². The second-order valence-electron chi connectivity index (χ2n) is 7.20. The third-order valence-electron chi connectivity index (χ3n) is 5.04. The highest BCUT2D eigenvalue weighted by atomic mass is 32.2. The van der Waals surface area contributed by atoms with Crippen molar-refractivity contribution < 1.29 is 22.9 Å². The Bertz CT molecular complexity index is 1120. The Labute approximate surface area is 179 Å². The normalized spacial score (nSPS) is 14.3. The molecular formula is C20H22N4O6S. The maximum absolute atomic E-state index is 12.6. The van der Waals surface area contributed by atoms with Gasteiger partial charge in [0, 0.05) is 56.7 Å². The lowest BCUT2D eigenvalue weighted by molar-refractivity contribution is -0.384. The van der Waals surface area contributed by atoms with Gasteiger partial charge in [0.25, 0.3) is 11.6 Å². The van der Waals surface area contributed by atoms with Crippen molar-refractivity contribution in [1.29, 1.82) is 0 Å². The highest BCUT2D eigenvalue weighted by Crippen LogP contribution is 2.30. The molecule has 0 bridgehead atoms. The van der Waals surface area contributed by atoms with Crippen LogP contribution in [0.1, 0.15) is 17.3 Å². The molecule has 2 amide bonds. The molecule has 0 saturated carbocycles. The minimum absolute atomic E-state index is 0.0364. The summed E-state index contributed by atoms with van der Waals surface area (Å²) in [4.78, 5) is 38.8. The van der Waals surface area contributed by atoms with Crippen LogP contribution in [0.15, 0.2) is 47.4 Å². The highest BCUT2D eigenvalue weighted by Gasteiger charge is 2.26. The van der Waals surface area contributed by atoms with E-state index in [2.05, 4.69) is 5.32 Å². The lowest BCUT2D eigenvalue weighted by Gasteiger charge is -2.35. The molecule has 2 aromatic rings. The number of nitrogens with zero attached hydrogens (tertiary/aromatic N) is 3. The Morgan fingerprint density at radius 3 is 2.16 bits per heavy atom. The smallest absolute Gasteiger partial charge is 0.293 e. The number of carbonyl (C=O) groups is 2. The van der Waals surface area contributed by atoms with Crippen molar-refractivity contribution in [2.75, 3.05) is 42.7 Å². The Balaban J connectivity index is 1.78. The van der Waals surface area contributed by atoms with Crippen molar-refractivity contribution in [2.45, 2.75) is 11.8 Å². The lowest BCUT2D eigenvalue weighted by atomic mass is 10.1. The number of amides is 2. The molecule has 1 N–H and O–H groups in total. The molecule has 1 fully saturated rings. The van der Waals surface area contributed by atoms with E-state index >= 15 is 0 Å². The number of nitrogens with one attached hydrogen (secondary N) is 1. The maximum Gasteiger partial charge on any atom is 0.293 e. The van der Waals surface area contributed by atoms with Crippen LogP contribution in [0.3, 0.4) is 0 Å². The fourth-order valence-corrected chi connectivity index (χ4v) is 3.96. The Morgan fingerprint density at radius 1 is 1.03 bits per heavy atom. The fourth-order valence-electron chi connectivity index (χ4n) is 3.33. The van der Waals surface area contributed by atoms with Gasteiger partial charge < -0.3 is 15.1 Å². The van der Waals surface area contributed by atoms with E-state index in [0.29, 0.717) is 37.6 Å². The number of nitro groups is 1. The van der Waals surface area contributed by atoms with Gasteiger partial charge in [0.1, 0.15) is 5.69 Å². The number of carbonyl (C=O) groups excluding carboxylic acids is 2. The zero-order valence-corrected chi connectivity index (χ0v) is 17.9. The fraction of sp³-hybridized carbons (Fsp3) is 0.300. The third-order valence-corrected chi connectivity index (χ3v) is 6.17. The average Bonchev–Trinajstić information content (AvgIpc) is 2.73. The zero-order chi connectivity index (χ0) is 22.8. The van der Waals surface area contributed by atoms with Gasteiger partial charge in [-0.3, -0.25) is 19.7 Å². The van der Waals surface area contributed by atoms with E-state index in [1.165, 1.54) is 49.4 Å². The molecule has 0 atom stereocenters. The van der Waals surface area contributed by atoms with Crippen LogP contribution in [0, 0.1) is 10.1 Å². The van der Waals surface area contributed by atoms with Crippen molar-refractivity contribution >= 4 is 38.7 Å². The molecule has 1 saturated heterocycles. The molecule has 10 nitrogen and oxygen atoms in total. The van der Waals surface area contributed by atoms with E-state index in [0.717, 1.165) is 6.26 Å². The number of benzene rings is 2. The molecule has 1 heterocycles. The van der Waals surface area contributed by atoms with Crippen LogP contribution in [-0.4, -0.2) is 62.5 Å². The molecule has 0 aliphatic carbocycles. The first-order valence-corrected chi connectivity index (χ1v) is 11.4. The predicted molar refractivity (Wildman–Crippen MR) is 115 cm³/mol. The average molecular weight is 446 g/mol. The van der Waals surface area contributed by atoms with Crippen molar-refractivity contribution in [3.8, 4) is 0 Å². The van der Waals surface area contributed by atoms with E-state index in [9.17, 15) is 28.1 Å². The van der Waals surface area contributed by atoms with Gasteiger partial charge in [-0.2, -0.15) is 0 Å². The third kappa shape index (κ3) is 5.18. The first kappa shape index (κ1) is 22.2. The van der Waals surface area contributed by atoms with Crippen molar-refractivity contribution in [3.63, 3.8) is 0 Å². The quantitative estimate of drug-likeness (QED) is 0.548. The molecule has 0 unspecified atom stereocenters. The van der Waals surface area contributed by atoms with Gasteiger partial charge >= 0.3 is 0 Å². The van der Waals surface area contributed by atoms with E-state index < -0.39 is 20.7 Å². The standard InChI is InChI=1S/C20H22N4O6S/c1-14(25)22-9-11-23(12-10-22)18-8-3-15(13-19(18)24(27)28)20(26)21-16-4-6-17(7-5-16)31(2,29)30/h3-8,13H,9-12H2,1-2H3,(H,21,26). The Morgan fingerprint density at radius 2 is 1.65 bits per heavy atom. The zero-order valence-electron chi connectivity index (χ0n) is 17.1. The monoisotopic (exact) mass is 446 g/mol. The Kier molecular flexibility index (Phi) is 6.25. The van der Waals surface area contributed by atoms with Crippen molar-refractivity contribution in [2.24, 2.45) is 0 Å². The van der Waals surface area contributed by atoms with Gasteiger partial charge in [0.15, 0.2) is 9.84 Å². The topological polar surface area (TPSA) is 130 Å². The summed E-state index contributed by atoms with van der Waals surface area (Å²) in [7, 11) is -3.35. The molecule has 31 heavy (non-hydrogen) atoms. The molecule has 0 radical (unpaired) electrons. The van der Waals surface area contributed by atoms with Crippen LogP contribution >= 0.6 is 0 Å². The summed E-state index contributed by atoms with van der Waals surface area (Å²) >= 11 is 0. The SMILES string of the molecule is CC(=O)N1CCN(c2ccc(C(=O)Nc3ccc(S(C)(=O)=O)cc3)cc2[N+](=O)[O-])CC1. The van der Waals surface area contributed by atoms with Crippen LogP contribution in [0.4, 0.5) is 17.1 Å². The highest BCUT2D eigenvalue weighted by molar-refractivity contribution is 7.90. The summed E-state index contributed by atoms with van der Waals surface area (Å²) in [5.41, 5.74) is 0.660. The number of piperazine rings is 1. The van der Waals surface area contributed by atoms with Gasteiger partial charge in [-0.05, 0) is 36.4 Å². The lowest BCUT2D eigenvalue weighted by Crippen LogP contribution is -2.48. The molecule has 1 aliphatic rings. The van der Waals surface area contributed by atoms with Gasteiger partial charge in [-0.25, -0.2) is 8.42 Å². The van der Waals surface area contributed by atoms with Gasteiger partial charge in [0.2, 0.25) is 5.91 Å². The van der Waals surface area contributed by atoms with Crippen LogP contribution in [-0.2, 0) is 14.6 Å². The first-order valence-electron chi connectivity index (χ1n) is 9.46. The number of hydrogen-bond acceptors (Lipinski definition) is 7. The summed E-state index contributed by atoms with van der Waals surface area (Å²) in [6, 6.07) is 9.89.